The monoisotopic (exact) mass is 249 g/mol. The van der Waals surface area contributed by atoms with Crippen LogP contribution in [0.25, 0.3) is 0 Å². The molecular weight excluding hydrogens is 226 g/mol. The van der Waals surface area contributed by atoms with Crippen molar-refractivity contribution < 1.29 is 0 Å². The molecule has 0 amide bonds. The van der Waals surface area contributed by atoms with E-state index in [1.165, 1.54) is 12.8 Å². The summed E-state index contributed by atoms with van der Waals surface area (Å²) in [5.74, 6) is 1.49. The third-order valence-electron chi connectivity index (χ3n) is 3.86. The molecule has 2 N–H and O–H groups in total. The predicted octanol–water partition coefficient (Wildman–Crippen LogP) is 1.28. The summed E-state index contributed by atoms with van der Waals surface area (Å²) in [7, 11) is 1.94. The van der Waals surface area contributed by atoms with Crippen LogP contribution in [0.5, 0.6) is 0 Å². The molecule has 0 aromatic carbocycles. The van der Waals surface area contributed by atoms with Crippen molar-refractivity contribution in [2.75, 3.05) is 13.1 Å². The fourth-order valence-corrected chi connectivity index (χ4v) is 2.20. The lowest BCUT2D eigenvalue weighted by Gasteiger charge is -2.31. The number of aliphatic imine (C=N–C) groups is 1. The van der Waals surface area contributed by atoms with Gasteiger partial charge in [-0.25, -0.2) is 4.99 Å². The highest BCUT2D eigenvalue weighted by Crippen LogP contribution is 2.15. The van der Waals surface area contributed by atoms with Crippen LogP contribution in [0.1, 0.15) is 31.0 Å². The standard InChI is InChI=1S/C13H23N5/c1-10-4-6-18(7-5-10)13(14)15-8-12-9-16-17(3)11(12)2/h9-10H,4-8H2,1-3H3,(H2,14,15). The molecule has 0 aliphatic carbocycles. The quantitative estimate of drug-likeness (QED) is 0.634. The molecule has 100 valence electrons. The smallest absolute Gasteiger partial charge is 0.191 e. The van der Waals surface area contributed by atoms with Crippen molar-refractivity contribution in [1.82, 2.24) is 14.7 Å². The van der Waals surface area contributed by atoms with Crippen LogP contribution in [0.15, 0.2) is 11.2 Å². The van der Waals surface area contributed by atoms with E-state index in [1.54, 1.807) is 0 Å². The second kappa shape index (κ2) is 5.42. The van der Waals surface area contributed by atoms with Crippen LogP contribution in [0.2, 0.25) is 0 Å². The molecule has 1 aliphatic heterocycles. The van der Waals surface area contributed by atoms with E-state index >= 15 is 0 Å². The average Bonchev–Trinajstić information content (AvgIpc) is 2.68. The van der Waals surface area contributed by atoms with Crippen molar-refractivity contribution in [1.29, 1.82) is 0 Å². The van der Waals surface area contributed by atoms with Gasteiger partial charge in [0.15, 0.2) is 5.96 Å². The zero-order valence-electron chi connectivity index (χ0n) is 11.6. The maximum absolute atomic E-state index is 6.05. The van der Waals surface area contributed by atoms with E-state index in [2.05, 4.69) is 28.8 Å². The zero-order chi connectivity index (χ0) is 13.1. The van der Waals surface area contributed by atoms with Gasteiger partial charge in [-0.05, 0) is 25.7 Å². The Kier molecular flexibility index (Phi) is 3.89. The van der Waals surface area contributed by atoms with E-state index in [4.69, 9.17) is 5.73 Å². The SMILES string of the molecule is Cc1c(CN=C(N)N2CCC(C)CC2)cnn1C. The number of nitrogens with zero attached hydrogens (tertiary/aromatic N) is 4. The normalized spacial score (nSPS) is 18.4. The molecule has 2 rings (SSSR count). The Morgan fingerprint density at radius 1 is 1.50 bits per heavy atom. The number of hydrogen-bond donors (Lipinski definition) is 1. The molecule has 18 heavy (non-hydrogen) atoms. The second-order valence-electron chi connectivity index (χ2n) is 5.22. The number of aromatic nitrogens is 2. The molecule has 0 radical (unpaired) electrons. The number of nitrogens with two attached hydrogens (primary N) is 1. The van der Waals surface area contributed by atoms with Gasteiger partial charge in [-0.15, -0.1) is 0 Å². The third-order valence-corrected chi connectivity index (χ3v) is 3.86. The van der Waals surface area contributed by atoms with Crippen LogP contribution >= 0.6 is 0 Å². The first-order valence-electron chi connectivity index (χ1n) is 6.60. The van der Waals surface area contributed by atoms with Gasteiger partial charge >= 0.3 is 0 Å². The highest BCUT2D eigenvalue weighted by atomic mass is 15.3. The molecule has 0 saturated carbocycles. The molecular formula is C13H23N5. The van der Waals surface area contributed by atoms with Gasteiger partial charge in [0, 0.05) is 31.4 Å². The summed E-state index contributed by atoms with van der Waals surface area (Å²) in [5.41, 5.74) is 8.34. The molecule has 1 aliphatic rings. The summed E-state index contributed by atoms with van der Waals surface area (Å²) >= 11 is 0. The average molecular weight is 249 g/mol. The highest BCUT2D eigenvalue weighted by molar-refractivity contribution is 5.78. The Morgan fingerprint density at radius 2 is 2.17 bits per heavy atom. The number of rotatable bonds is 2. The Bertz CT molecular complexity index is 427. The third kappa shape index (κ3) is 2.83. The van der Waals surface area contributed by atoms with E-state index in [-0.39, 0.29) is 0 Å². The fourth-order valence-electron chi connectivity index (χ4n) is 2.20. The van der Waals surface area contributed by atoms with Gasteiger partial charge in [-0.1, -0.05) is 6.92 Å². The summed E-state index contributed by atoms with van der Waals surface area (Å²) < 4.78 is 1.86. The lowest BCUT2D eigenvalue weighted by molar-refractivity contribution is 0.277. The van der Waals surface area contributed by atoms with E-state index in [1.807, 2.05) is 17.9 Å². The first kappa shape index (κ1) is 12.9. The molecule has 1 aromatic rings. The van der Waals surface area contributed by atoms with Gasteiger partial charge in [0.2, 0.25) is 0 Å². The van der Waals surface area contributed by atoms with Crippen molar-refractivity contribution in [3.8, 4) is 0 Å². The fraction of sp³-hybridized carbons (Fsp3) is 0.692. The molecule has 1 aromatic heterocycles. The van der Waals surface area contributed by atoms with Crippen LogP contribution in [-0.4, -0.2) is 33.7 Å². The van der Waals surface area contributed by atoms with Crippen LogP contribution in [0, 0.1) is 12.8 Å². The maximum atomic E-state index is 6.05. The Labute approximate surface area is 109 Å². The van der Waals surface area contributed by atoms with Gasteiger partial charge in [0.1, 0.15) is 0 Å². The number of hydrogen-bond acceptors (Lipinski definition) is 2. The number of guanidine groups is 1. The van der Waals surface area contributed by atoms with E-state index < -0.39 is 0 Å². The van der Waals surface area contributed by atoms with Crippen molar-refractivity contribution in [3.63, 3.8) is 0 Å². The van der Waals surface area contributed by atoms with Crippen LogP contribution in [0.3, 0.4) is 0 Å². The molecule has 1 saturated heterocycles. The van der Waals surface area contributed by atoms with Crippen molar-refractivity contribution in [3.05, 3.63) is 17.5 Å². The van der Waals surface area contributed by atoms with Crippen molar-refractivity contribution in [2.45, 2.75) is 33.2 Å². The van der Waals surface area contributed by atoms with Gasteiger partial charge < -0.3 is 10.6 Å². The largest absolute Gasteiger partial charge is 0.370 e. The number of likely N-dealkylation sites (tertiary alicyclic amines) is 1. The Hall–Kier alpha value is -1.52. The Morgan fingerprint density at radius 3 is 2.72 bits per heavy atom. The van der Waals surface area contributed by atoms with Crippen molar-refractivity contribution >= 4 is 5.96 Å². The molecule has 1 fully saturated rings. The molecule has 0 unspecified atom stereocenters. The lowest BCUT2D eigenvalue weighted by Crippen LogP contribution is -2.42. The summed E-state index contributed by atoms with van der Waals surface area (Å²) in [4.78, 5) is 6.67. The van der Waals surface area contributed by atoms with E-state index in [9.17, 15) is 0 Å². The summed E-state index contributed by atoms with van der Waals surface area (Å²) in [6, 6.07) is 0. The minimum Gasteiger partial charge on any atom is -0.370 e. The number of piperidine rings is 1. The van der Waals surface area contributed by atoms with Gasteiger partial charge in [-0.3, -0.25) is 4.68 Å². The van der Waals surface area contributed by atoms with Crippen LogP contribution < -0.4 is 5.73 Å². The van der Waals surface area contributed by atoms with Crippen LogP contribution in [0.4, 0.5) is 0 Å². The summed E-state index contributed by atoms with van der Waals surface area (Å²) in [6.07, 6.45) is 4.29. The molecule has 0 atom stereocenters. The van der Waals surface area contributed by atoms with E-state index in [0.717, 1.165) is 30.3 Å². The topological polar surface area (TPSA) is 59.4 Å². The first-order valence-corrected chi connectivity index (χ1v) is 6.60. The minimum absolute atomic E-state index is 0.623. The summed E-state index contributed by atoms with van der Waals surface area (Å²) in [5, 5.41) is 4.21. The lowest BCUT2D eigenvalue weighted by atomic mass is 10.00. The molecule has 2 heterocycles. The predicted molar refractivity (Wildman–Crippen MR) is 73.2 cm³/mol. The van der Waals surface area contributed by atoms with Crippen molar-refractivity contribution in [2.24, 2.45) is 23.7 Å². The molecule has 5 nitrogen and oxygen atoms in total. The minimum atomic E-state index is 0.623. The summed E-state index contributed by atoms with van der Waals surface area (Å²) in [6.45, 7) is 7.03. The van der Waals surface area contributed by atoms with Gasteiger partial charge in [0.05, 0.1) is 12.7 Å². The molecule has 0 spiro atoms. The van der Waals surface area contributed by atoms with Gasteiger partial charge in [0.25, 0.3) is 0 Å². The van der Waals surface area contributed by atoms with E-state index in [0.29, 0.717) is 12.5 Å². The molecule has 0 bridgehead atoms. The van der Waals surface area contributed by atoms with Crippen LogP contribution in [-0.2, 0) is 13.6 Å². The number of aryl methyl sites for hydroxylation is 1. The zero-order valence-corrected chi connectivity index (χ0v) is 11.6. The second-order valence-corrected chi connectivity index (χ2v) is 5.22. The molecule has 5 heteroatoms. The first-order chi connectivity index (χ1) is 8.58. The Balaban J connectivity index is 1.94. The highest BCUT2D eigenvalue weighted by Gasteiger charge is 2.16. The maximum Gasteiger partial charge on any atom is 0.191 e. The van der Waals surface area contributed by atoms with Gasteiger partial charge in [-0.2, -0.15) is 5.10 Å².